The van der Waals surface area contributed by atoms with Crippen LogP contribution in [0.15, 0.2) is 47.6 Å². The van der Waals surface area contributed by atoms with Crippen LogP contribution < -0.4 is 4.74 Å². The van der Waals surface area contributed by atoms with E-state index in [1.54, 1.807) is 6.07 Å². The standard InChI is InChI=1S/C25H28O6/c1-14(2)5-4-6-15(3)7-8-18-17(9-10-20(27)24(18)30)23-13-21(28)19-11-16(26)12-22(29)25(19)31-23/h5,7,9-12,23,26-27,29-30H,4,6,8,13H2,1-3H3/b15-7+/t23-/m1/s1. The summed E-state index contributed by atoms with van der Waals surface area (Å²) in [6, 6.07) is 5.36. The van der Waals surface area contributed by atoms with Crippen LogP contribution in [0.5, 0.6) is 28.7 Å². The third-order valence-electron chi connectivity index (χ3n) is 5.38. The van der Waals surface area contributed by atoms with Crippen LogP contribution in [0, 0.1) is 0 Å². The number of carbonyl (C=O) groups is 1. The fraction of sp³-hybridized carbons (Fsp3) is 0.320. The molecule has 2 aromatic rings. The van der Waals surface area contributed by atoms with Crippen molar-refractivity contribution in [3.8, 4) is 28.7 Å². The average Bonchev–Trinajstić information content (AvgIpc) is 2.69. The monoisotopic (exact) mass is 424 g/mol. The first-order valence-electron chi connectivity index (χ1n) is 10.3. The summed E-state index contributed by atoms with van der Waals surface area (Å²) in [5, 5.41) is 40.3. The van der Waals surface area contributed by atoms with E-state index in [0.717, 1.165) is 24.5 Å². The summed E-state index contributed by atoms with van der Waals surface area (Å²) in [6.45, 7) is 6.12. The van der Waals surface area contributed by atoms with Crippen molar-refractivity contribution in [2.75, 3.05) is 0 Å². The summed E-state index contributed by atoms with van der Waals surface area (Å²) in [5.41, 5.74) is 3.56. The fourth-order valence-electron chi connectivity index (χ4n) is 3.69. The van der Waals surface area contributed by atoms with Crippen molar-refractivity contribution in [2.45, 2.75) is 52.6 Å². The summed E-state index contributed by atoms with van der Waals surface area (Å²) < 4.78 is 5.90. The molecular weight excluding hydrogens is 396 g/mol. The molecule has 1 aliphatic rings. The molecule has 164 valence electrons. The van der Waals surface area contributed by atoms with E-state index in [9.17, 15) is 25.2 Å². The summed E-state index contributed by atoms with van der Waals surface area (Å²) in [6.07, 6.45) is 5.56. The second-order valence-electron chi connectivity index (χ2n) is 8.15. The molecule has 0 amide bonds. The summed E-state index contributed by atoms with van der Waals surface area (Å²) in [7, 11) is 0. The highest BCUT2D eigenvalue weighted by Crippen LogP contribution is 2.45. The van der Waals surface area contributed by atoms with E-state index in [2.05, 4.69) is 19.9 Å². The number of hydrogen-bond acceptors (Lipinski definition) is 6. The highest BCUT2D eigenvalue weighted by atomic mass is 16.5. The SMILES string of the molecule is CC(C)=CCC/C(C)=C/Cc1c([C@H]2CC(=O)c3cc(O)cc(O)c3O2)ccc(O)c1O. The zero-order valence-electron chi connectivity index (χ0n) is 18.0. The number of phenols is 4. The number of rotatable bonds is 6. The van der Waals surface area contributed by atoms with Gasteiger partial charge in [0.05, 0.1) is 12.0 Å². The molecule has 6 nitrogen and oxygen atoms in total. The molecule has 1 atom stereocenters. The van der Waals surface area contributed by atoms with Gasteiger partial charge in [-0.3, -0.25) is 4.79 Å². The molecule has 31 heavy (non-hydrogen) atoms. The van der Waals surface area contributed by atoms with E-state index in [1.165, 1.54) is 17.7 Å². The second kappa shape index (κ2) is 9.16. The minimum atomic E-state index is -0.740. The van der Waals surface area contributed by atoms with Crippen molar-refractivity contribution in [1.29, 1.82) is 0 Å². The fourth-order valence-corrected chi connectivity index (χ4v) is 3.69. The van der Waals surface area contributed by atoms with E-state index >= 15 is 0 Å². The molecule has 3 rings (SSSR count). The van der Waals surface area contributed by atoms with E-state index < -0.39 is 6.10 Å². The van der Waals surface area contributed by atoms with Crippen LogP contribution in [-0.4, -0.2) is 26.2 Å². The van der Waals surface area contributed by atoms with E-state index in [0.29, 0.717) is 17.5 Å². The zero-order chi connectivity index (χ0) is 22.7. The number of fused-ring (bicyclic) bond motifs is 1. The molecule has 0 bridgehead atoms. The van der Waals surface area contributed by atoms with Gasteiger partial charge in [-0.25, -0.2) is 0 Å². The molecule has 0 saturated carbocycles. The highest BCUT2D eigenvalue weighted by Gasteiger charge is 2.32. The van der Waals surface area contributed by atoms with Gasteiger partial charge < -0.3 is 25.2 Å². The van der Waals surface area contributed by atoms with Crippen molar-refractivity contribution >= 4 is 5.78 Å². The molecule has 1 heterocycles. The van der Waals surface area contributed by atoms with E-state index in [-0.39, 0.29) is 46.5 Å². The molecule has 6 heteroatoms. The van der Waals surface area contributed by atoms with Gasteiger partial charge in [0.1, 0.15) is 11.9 Å². The van der Waals surface area contributed by atoms with Crippen molar-refractivity contribution in [1.82, 2.24) is 0 Å². The quantitative estimate of drug-likeness (QED) is 0.363. The smallest absolute Gasteiger partial charge is 0.172 e. The summed E-state index contributed by atoms with van der Waals surface area (Å²) in [5.74, 6) is -1.32. The topological polar surface area (TPSA) is 107 Å². The summed E-state index contributed by atoms with van der Waals surface area (Å²) in [4.78, 5) is 12.6. The van der Waals surface area contributed by atoms with Crippen molar-refractivity contribution < 1.29 is 30.0 Å². The third kappa shape index (κ3) is 5.02. The minimum Gasteiger partial charge on any atom is -0.508 e. The van der Waals surface area contributed by atoms with Crippen LogP contribution in [0.25, 0.3) is 0 Å². The largest absolute Gasteiger partial charge is 0.508 e. The van der Waals surface area contributed by atoms with Gasteiger partial charge in [0.2, 0.25) is 0 Å². The van der Waals surface area contributed by atoms with Gasteiger partial charge in [-0.1, -0.05) is 29.4 Å². The van der Waals surface area contributed by atoms with Gasteiger partial charge in [0.25, 0.3) is 0 Å². The summed E-state index contributed by atoms with van der Waals surface area (Å²) >= 11 is 0. The maximum absolute atomic E-state index is 12.6. The Morgan fingerprint density at radius 1 is 1.06 bits per heavy atom. The van der Waals surface area contributed by atoms with Gasteiger partial charge >= 0.3 is 0 Å². The first-order valence-corrected chi connectivity index (χ1v) is 10.3. The highest BCUT2D eigenvalue weighted by molar-refractivity contribution is 6.01. The molecular formula is C25H28O6. The first-order chi connectivity index (χ1) is 14.7. The number of ketones is 1. The Hall–Kier alpha value is -3.41. The lowest BCUT2D eigenvalue weighted by Gasteiger charge is -2.28. The van der Waals surface area contributed by atoms with Gasteiger partial charge in [-0.2, -0.15) is 0 Å². The van der Waals surface area contributed by atoms with E-state index in [4.69, 9.17) is 4.74 Å². The lowest BCUT2D eigenvalue weighted by atomic mass is 9.91. The molecule has 0 aliphatic carbocycles. The Morgan fingerprint density at radius 2 is 1.81 bits per heavy atom. The molecule has 0 saturated heterocycles. The zero-order valence-corrected chi connectivity index (χ0v) is 18.0. The Kier molecular flexibility index (Phi) is 6.59. The number of allylic oxidation sites excluding steroid dienone is 4. The number of Topliss-reactive ketones (excluding diaryl/α,β-unsaturated/α-hetero) is 1. The number of hydrogen-bond donors (Lipinski definition) is 4. The second-order valence-corrected chi connectivity index (χ2v) is 8.15. The average molecular weight is 424 g/mol. The Labute approximate surface area is 181 Å². The number of ether oxygens (including phenoxy) is 1. The van der Waals surface area contributed by atoms with E-state index in [1.807, 2.05) is 13.0 Å². The van der Waals surface area contributed by atoms with Crippen molar-refractivity contribution in [2.24, 2.45) is 0 Å². The molecule has 2 aromatic carbocycles. The third-order valence-corrected chi connectivity index (χ3v) is 5.38. The molecule has 0 aromatic heterocycles. The van der Waals surface area contributed by atoms with Gasteiger partial charge in [-0.05, 0) is 52.2 Å². The normalized spacial score (nSPS) is 15.9. The molecule has 4 N–H and O–H groups in total. The molecule has 1 aliphatic heterocycles. The van der Waals surface area contributed by atoms with Crippen molar-refractivity contribution in [3.63, 3.8) is 0 Å². The van der Waals surface area contributed by atoms with Crippen LogP contribution >= 0.6 is 0 Å². The molecule has 0 spiro atoms. The van der Waals surface area contributed by atoms with Crippen LogP contribution in [0.3, 0.4) is 0 Å². The minimum absolute atomic E-state index is 0.00556. The van der Waals surface area contributed by atoms with Crippen molar-refractivity contribution in [3.05, 3.63) is 64.3 Å². The predicted octanol–water partition coefficient (Wildman–Crippen LogP) is 5.45. The van der Waals surface area contributed by atoms with Gasteiger partial charge in [0.15, 0.2) is 28.8 Å². The Bertz CT molecular complexity index is 1060. The van der Waals surface area contributed by atoms with Crippen LogP contribution in [0.1, 0.15) is 67.6 Å². The molecule has 0 fully saturated rings. The number of phenolic OH excluding ortho intramolecular Hbond substituents is 4. The van der Waals surface area contributed by atoms with Crippen LogP contribution in [-0.2, 0) is 6.42 Å². The van der Waals surface area contributed by atoms with Crippen LogP contribution in [0.2, 0.25) is 0 Å². The maximum atomic E-state index is 12.6. The number of benzene rings is 2. The lowest BCUT2D eigenvalue weighted by Crippen LogP contribution is -2.21. The first kappa shape index (κ1) is 22.3. The Morgan fingerprint density at radius 3 is 2.52 bits per heavy atom. The van der Waals surface area contributed by atoms with Gasteiger partial charge in [0, 0.05) is 17.2 Å². The molecule has 0 radical (unpaired) electrons. The number of carbonyl (C=O) groups excluding carboxylic acids is 1. The maximum Gasteiger partial charge on any atom is 0.172 e. The number of aromatic hydroxyl groups is 4. The van der Waals surface area contributed by atoms with Crippen LogP contribution in [0.4, 0.5) is 0 Å². The molecule has 0 unspecified atom stereocenters. The van der Waals surface area contributed by atoms with Gasteiger partial charge in [-0.15, -0.1) is 0 Å². The predicted molar refractivity (Wildman–Crippen MR) is 118 cm³/mol. The Balaban J connectivity index is 1.91. The lowest BCUT2D eigenvalue weighted by molar-refractivity contribution is 0.0840.